The molecule has 0 aliphatic heterocycles. The maximum Gasteiger partial charge on any atom is 0.324 e. The van der Waals surface area contributed by atoms with E-state index in [2.05, 4.69) is 26.5 Å². The number of hydrogen-bond donors (Lipinski definition) is 1. The summed E-state index contributed by atoms with van der Waals surface area (Å²) in [6.45, 7) is 0.324. The van der Waals surface area contributed by atoms with Crippen LogP contribution in [0.25, 0.3) is 0 Å². The van der Waals surface area contributed by atoms with Crippen LogP contribution >= 0.6 is 27.3 Å². The number of carbonyl (C=O) groups is 1. The van der Waals surface area contributed by atoms with Gasteiger partial charge in [0, 0.05) is 10.5 Å². The second-order valence-electron chi connectivity index (χ2n) is 5.55. The summed E-state index contributed by atoms with van der Waals surface area (Å²) >= 11 is 4.31. The third kappa shape index (κ3) is 5.24. The van der Waals surface area contributed by atoms with Crippen molar-refractivity contribution in [3.8, 4) is 5.75 Å². The summed E-state index contributed by atoms with van der Waals surface area (Å²) in [5.74, 6) is -0.0295. The van der Waals surface area contributed by atoms with Crippen LogP contribution < -0.4 is 10.2 Å². The molecule has 0 radical (unpaired) electrons. The summed E-state index contributed by atoms with van der Waals surface area (Å²) in [5.41, 5.74) is 3.72. The fourth-order valence-electron chi connectivity index (χ4n) is 2.27. The third-order valence-electron chi connectivity index (χ3n) is 3.57. The average molecular weight is 460 g/mol. The SMILES string of the molecule is O=C(N/N=C/c1ccc([N+](=O)[O-])s1)c1cc(Br)ccc1OCc1ccccc1. The fourth-order valence-corrected chi connectivity index (χ4v) is 3.32. The van der Waals surface area contributed by atoms with E-state index in [9.17, 15) is 14.9 Å². The van der Waals surface area contributed by atoms with Crippen LogP contribution in [0.4, 0.5) is 5.00 Å². The highest BCUT2D eigenvalue weighted by Gasteiger charge is 2.13. The third-order valence-corrected chi connectivity index (χ3v) is 5.04. The normalized spacial score (nSPS) is 10.8. The van der Waals surface area contributed by atoms with E-state index in [1.807, 2.05) is 30.3 Å². The zero-order valence-electron chi connectivity index (χ0n) is 14.4. The second kappa shape index (κ2) is 9.25. The number of rotatable bonds is 7. The molecular weight excluding hydrogens is 446 g/mol. The highest BCUT2D eigenvalue weighted by molar-refractivity contribution is 9.10. The van der Waals surface area contributed by atoms with Crippen molar-refractivity contribution >= 4 is 44.4 Å². The Morgan fingerprint density at radius 2 is 2.00 bits per heavy atom. The number of nitrogens with one attached hydrogen (secondary N) is 1. The predicted octanol–water partition coefficient (Wildman–Crippen LogP) is 4.76. The van der Waals surface area contributed by atoms with Gasteiger partial charge in [-0.3, -0.25) is 14.9 Å². The average Bonchev–Trinajstić information content (AvgIpc) is 3.17. The molecule has 0 bridgehead atoms. The molecular formula is C19H14BrN3O4S. The number of ether oxygens (including phenoxy) is 1. The monoisotopic (exact) mass is 459 g/mol. The molecule has 0 spiro atoms. The summed E-state index contributed by atoms with van der Waals surface area (Å²) < 4.78 is 6.51. The van der Waals surface area contributed by atoms with Gasteiger partial charge in [-0.2, -0.15) is 5.10 Å². The smallest absolute Gasteiger partial charge is 0.324 e. The lowest BCUT2D eigenvalue weighted by molar-refractivity contribution is -0.380. The van der Waals surface area contributed by atoms with Crippen LogP contribution in [0.15, 0.2) is 70.2 Å². The fraction of sp³-hybridized carbons (Fsp3) is 0.0526. The van der Waals surface area contributed by atoms with Crippen LogP contribution in [0.3, 0.4) is 0 Å². The second-order valence-corrected chi connectivity index (χ2v) is 7.56. The van der Waals surface area contributed by atoms with Crippen molar-refractivity contribution in [3.05, 3.63) is 91.3 Å². The molecule has 28 heavy (non-hydrogen) atoms. The van der Waals surface area contributed by atoms with E-state index in [1.54, 1.807) is 24.3 Å². The number of carbonyl (C=O) groups excluding carboxylic acids is 1. The molecule has 0 aliphatic carbocycles. The van der Waals surface area contributed by atoms with Gasteiger partial charge in [-0.15, -0.1) is 0 Å². The number of hydrogen-bond acceptors (Lipinski definition) is 6. The van der Waals surface area contributed by atoms with Crippen LogP contribution in [-0.2, 0) is 6.61 Å². The minimum absolute atomic E-state index is 0.0105. The first-order chi connectivity index (χ1) is 13.5. The van der Waals surface area contributed by atoms with Crippen LogP contribution in [0, 0.1) is 10.1 Å². The molecule has 0 unspecified atom stereocenters. The van der Waals surface area contributed by atoms with Crippen molar-refractivity contribution < 1.29 is 14.5 Å². The van der Waals surface area contributed by atoms with Gasteiger partial charge in [0.15, 0.2) is 0 Å². The van der Waals surface area contributed by atoms with E-state index in [-0.39, 0.29) is 5.00 Å². The zero-order chi connectivity index (χ0) is 19.9. The van der Waals surface area contributed by atoms with E-state index < -0.39 is 10.8 Å². The first kappa shape index (κ1) is 19.7. The maximum absolute atomic E-state index is 12.5. The first-order valence-electron chi connectivity index (χ1n) is 8.07. The van der Waals surface area contributed by atoms with E-state index in [0.717, 1.165) is 21.4 Å². The van der Waals surface area contributed by atoms with Crippen LogP contribution in [0.5, 0.6) is 5.75 Å². The van der Waals surface area contributed by atoms with Crippen LogP contribution in [0.1, 0.15) is 20.8 Å². The van der Waals surface area contributed by atoms with Gasteiger partial charge in [-0.1, -0.05) is 57.6 Å². The Bertz CT molecular complexity index is 1020. The topological polar surface area (TPSA) is 93.8 Å². The van der Waals surface area contributed by atoms with Crippen molar-refractivity contribution in [2.24, 2.45) is 5.10 Å². The summed E-state index contributed by atoms with van der Waals surface area (Å²) in [6, 6.07) is 17.7. The number of nitro groups is 1. The van der Waals surface area contributed by atoms with Crippen molar-refractivity contribution in [3.63, 3.8) is 0 Å². The minimum atomic E-state index is -0.474. The number of thiophene rings is 1. The standard InChI is InChI=1S/C19H14BrN3O4S/c20-14-6-8-17(27-12-13-4-2-1-3-5-13)16(10-14)19(24)22-21-11-15-7-9-18(28-15)23(25)26/h1-11H,12H2,(H,22,24)/b21-11+. The number of hydrazone groups is 1. The van der Waals surface area contributed by atoms with Crippen molar-refractivity contribution in [1.82, 2.24) is 5.43 Å². The molecule has 0 saturated carbocycles. The molecule has 1 amide bonds. The molecule has 0 fully saturated rings. The summed E-state index contributed by atoms with van der Waals surface area (Å²) in [6.07, 6.45) is 1.36. The summed E-state index contributed by atoms with van der Waals surface area (Å²) in [7, 11) is 0. The zero-order valence-corrected chi connectivity index (χ0v) is 16.8. The van der Waals surface area contributed by atoms with Gasteiger partial charge < -0.3 is 4.74 Å². The van der Waals surface area contributed by atoms with Crippen LogP contribution in [-0.4, -0.2) is 17.0 Å². The first-order valence-corrected chi connectivity index (χ1v) is 9.68. The molecule has 1 aromatic heterocycles. The Morgan fingerprint density at radius 1 is 1.21 bits per heavy atom. The Labute approximate surface area is 172 Å². The van der Waals surface area contributed by atoms with Crippen molar-refractivity contribution in [2.45, 2.75) is 6.61 Å². The van der Waals surface area contributed by atoms with Gasteiger partial charge in [-0.05, 0) is 29.8 Å². The number of halogens is 1. The lowest BCUT2D eigenvalue weighted by Crippen LogP contribution is -2.18. The minimum Gasteiger partial charge on any atom is -0.488 e. The van der Waals surface area contributed by atoms with Gasteiger partial charge in [0.1, 0.15) is 12.4 Å². The molecule has 7 nitrogen and oxygen atoms in total. The molecule has 142 valence electrons. The Kier molecular flexibility index (Phi) is 6.51. The molecule has 2 aromatic carbocycles. The molecule has 0 aliphatic rings. The van der Waals surface area contributed by atoms with Crippen molar-refractivity contribution in [2.75, 3.05) is 0 Å². The van der Waals surface area contributed by atoms with Gasteiger partial charge >= 0.3 is 5.00 Å². The summed E-state index contributed by atoms with van der Waals surface area (Å²) in [4.78, 5) is 23.3. The van der Waals surface area contributed by atoms with Gasteiger partial charge in [-0.25, -0.2) is 5.43 Å². The lowest BCUT2D eigenvalue weighted by Gasteiger charge is -2.11. The lowest BCUT2D eigenvalue weighted by atomic mass is 10.2. The highest BCUT2D eigenvalue weighted by Crippen LogP contribution is 2.25. The molecule has 0 atom stereocenters. The molecule has 1 N–H and O–H groups in total. The molecule has 9 heteroatoms. The molecule has 1 heterocycles. The number of amides is 1. The van der Waals surface area contributed by atoms with Gasteiger partial charge in [0.05, 0.1) is 21.6 Å². The molecule has 0 saturated heterocycles. The maximum atomic E-state index is 12.5. The number of nitrogens with zero attached hydrogens (tertiary/aromatic N) is 2. The Morgan fingerprint density at radius 3 is 2.71 bits per heavy atom. The highest BCUT2D eigenvalue weighted by atomic mass is 79.9. The van der Waals surface area contributed by atoms with Gasteiger partial charge in [0.2, 0.25) is 0 Å². The Hall–Kier alpha value is -3.04. The van der Waals surface area contributed by atoms with E-state index >= 15 is 0 Å². The molecule has 3 rings (SSSR count). The molecule has 3 aromatic rings. The quantitative estimate of drug-likeness (QED) is 0.313. The van der Waals surface area contributed by atoms with Gasteiger partial charge in [0.25, 0.3) is 5.91 Å². The summed E-state index contributed by atoms with van der Waals surface area (Å²) in [5, 5.41) is 14.6. The largest absolute Gasteiger partial charge is 0.488 e. The van der Waals surface area contributed by atoms with Crippen LogP contribution in [0.2, 0.25) is 0 Å². The van der Waals surface area contributed by atoms with E-state index in [0.29, 0.717) is 22.8 Å². The number of benzene rings is 2. The van der Waals surface area contributed by atoms with E-state index in [1.165, 1.54) is 12.3 Å². The predicted molar refractivity (Wildman–Crippen MR) is 111 cm³/mol. The Balaban J connectivity index is 1.68. The van der Waals surface area contributed by atoms with E-state index in [4.69, 9.17) is 4.74 Å². The van der Waals surface area contributed by atoms with Crippen molar-refractivity contribution in [1.29, 1.82) is 0 Å².